The minimum atomic E-state index is -3.72. The number of benzene rings is 2. The second kappa shape index (κ2) is 9.58. The van der Waals surface area contributed by atoms with Crippen LogP contribution in [0.15, 0.2) is 41.3 Å². The molecule has 8 nitrogen and oxygen atoms in total. The van der Waals surface area contributed by atoms with Crippen LogP contribution in [0.2, 0.25) is 0 Å². The van der Waals surface area contributed by atoms with Crippen LogP contribution in [-0.4, -0.2) is 71.2 Å². The van der Waals surface area contributed by atoms with Crippen LogP contribution in [0.5, 0.6) is 0 Å². The predicted octanol–water partition coefficient (Wildman–Crippen LogP) is 2.41. The van der Waals surface area contributed by atoms with Gasteiger partial charge in [0.2, 0.25) is 10.0 Å². The molecule has 2 aromatic rings. The first-order valence-corrected chi connectivity index (χ1v) is 12.2. The number of nitrogens with zero attached hydrogens (tertiary/aromatic N) is 2. The van der Waals surface area contributed by atoms with Crippen molar-refractivity contribution in [1.29, 1.82) is 0 Å². The van der Waals surface area contributed by atoms with E-state index in [1.165, 1.54) is 10.4 Å². The molecule has 0 unspecified atom stereocenters. The molecule has 0 saturated carbocycles. The average Bonchev–Trinajstić information content (AvgIpc) is 2.82. The summed E-state index contributed by atoms with van der Waals surface area (Å²) in [6.07, 6.45) is 0. The fourth-order valence-electron chi connectivity index (χ4n) is 3.93. The summed E-state index contributed by atoms with van der Waals surface area (Å²) in [6, 6.07) is 10.7. The first-order chi connectivity index (χ1) is 15.4. The third-order valence-electron chi connectivity index (χ3n) is 5.81. The molecule has 1 amide bonds. The van der Waals surface area contributed by atoms with Crippen molar-refractivity contribution in [1.82, 2.24) is 4.31 Å². The summed E-state index contributed by atoms with van der Waals surface area (Å²) in [5, 5.41) is 2.98. The Balaban J connectivity index is 1.72. The monoisotopic (exact) mass is 459 g/mol. The second-order valence-electron chi connectivity index (χ2n) is 8.07. The standard InChI is InChI=1S/C23H29N3O5S/c1-17-3-4-18(2)21(15-17)24-23(27)20-16-19(32(28,29)26-9-13-31-14-10-26)5-6-22(20)25-7-11-30-12-8-25/h3-6,15-16H,7-14H2,1-2H3,(H,24,27). The van der Waals surface area contributed by atoms with Crippen molar-refractivity contribution in [2.75, 3.05) is 62.8 Å². The molecule has 2 heterocycles. The number of sulfonamides is 1. The van der Waals surface area contributed by atoms with Crippen molar-refractivity contribution in [3.8, 4) is 0 Å². The van der Waals surface area contributed by atoms with Crippen LogP contribution in [0.3, 0.4) is 0 Å². The summed E-state index contributed by atoms with van der Waals surface area (Å²) in [5.41, 5.74) is 3.72. The lowest BCUT2D eigenvalue weighted by molar-refractivity contribution is 0.0730. The summed E-state index contributed by atoms with van der Waals surface area (Å²) in [6.45, 7) is 7.63. The first-order valence-electron chi connectivity index (χ1n) is 10.8. The molecule has 4 rings (SSSR count). The highest BCUT2D eigenvalue weighted by molar-refractivity contribution is 7.89. The number of rotatable bonds is 5. The third kappa shape index (κ3) is 4.80. The molecule has 172 valence electrons. The summed E-state index contributed by atoms with van der Waals surface area (Å²) < 4.78 is 38.6. The highest BCUT2D eigenvalue weighted by atomic mass is 32.2. The molecule has 2 fully saturated rings. The molecule has 0 radical (unpaired) electrons. The molecule has 2 saturated heterocycles. The molecule has 32 heavy (non-hydrogen) atoms. The SMILES string of the molecule is Cc1ccc(C)c(NC(=O)c2cc(S(=O)(=O)N3CCOCC3)ccc2N2CCOCC2)c1. The fourth-order valence-corrected chi connectivity index (χ4v) is 5.37. The summed E-state index contributed by atoms with van der Waals surface area (Å²) in [5.74, 6) is -0.334. The van der Waals surface area contributed by atoms with Crippen molar-refractivity contribution in [2.45, 2.75) is 18.7 Å². The van der Waals surface area contributed by atoms with Crippen LogP contribution >= 0.6 is 0 Å². The van der Waals surface area contributed by atoms with E-state index in [0.29, 0.717) is 69.5 Å². The Morgan fingerprint density at radius 3 is 2.25 bits per heavy atom. The molecule has 2 aromatic carbocycles. The van der Waals surface area contributed by atoms with E-state index in [1.54, 1.807) is 12.1 Å². The number of ether oxygens (including phenoxy) is 2. The number of carbonyl (C=O) groups is 1. The van der Waals surface area contributed by atoms with Gasteiger partial charge in [-0.25, -0.2) is 8.42 Å². The van der Waals surface area contributed by atoms with Gasteiger partial charge in [-0.05, 0) is 49.2 Å². The topological polar surface area (TPSA) is 88.2 Å². The predicted molar refractivity (Wildman–Crippen MR) is 123 cm³/mol. The van der Waals surface area contributed by atoms with Crippen LogP contribution in [-0.2, 0) is 19.5 Å². The molecular weight excluding hydrogens is 430 g/mol. The van der Waals surface area contributed by atoms with Gasteiger partial charge in [-0.2, -0.15) is 4.31 Å². The molecule has 9 heteroatoms. The van der Waals surface area contributed by atoms with Gasteiger partial charge in [-0.1, -0.05) is 12.1 Å². The Bertz CT molecular complexity index is 1090. The van der Waals surface area contributed by atoms with E-state index in [9.17, 15) is 13.2 Å². The largest absolute Gasteiger partial charge is 0.379 e. The highest BCUT2D eigenvalue weighted by Crippen LogP contribution is 2.28. The van der Waals surface area contributed by atoms with Gasteiger partial charge in [0.25, 0.3) is 5.91 Å². The average molecular weight is 460 g/mol. The van der Waals surface area contributed by atoms with Gasteiger partial charge in [-0.3, -0.25) is 4.79 Å². The van der Waals surface area contributed by atoms with Crippen LogP contribution in [0.4, 0.5) is 11.4 Å². The Morgan fingerprint density at radius 2 is 1.56 bits per heavy atom. The maximum Gasteiger partial charge on any atom is 0.257 e. The fraction of sp³-hybridized carbons (Fsp3) is 0.435. The van der Waals surface area contributed by atoms with Gasteiger partial charge < -0.3 is 19.7 Å². The van der Waals surface area contributed by atoms with E-state index in [2.05, 4.69) is 10.2 Å². The van der Waals surface area contributed by atoms with Crippen LogP contribution < -0.4 is 10.2 Å². The van der Waals surface area contributed by atoms with Gasteiger partial charge in [0.1, 0.15) is 0 Å². The minimum absolute atomic E-state index is 0.113. The van der Waals surface area contributed by atoms with Gasteiger partial charge in [0, 0.05) is 37.6 Å². The van der Waals surface area contributed by atoms with Gasteiger partial charge in [0.15, 0.2) is 0 Å². The molecule has 0 aliphatic carbocycles. The molecule has 2 aliphatic heterocycles. The molecule has 0 bridgehead atoms. The highest BCUT2D eigenvalue weighted by Gasteiger charge is 2.29. The zero-order chi connectivity index (χ0) is 22.7. The molecule has 1 N–H and O–H groups in total. The van der Waals surface area contributed by atoms with Gasteiger partial charge in [0.05, 0.1) is 36.9 Å². The summed E-state index contributed by atoms with van der Waals surface area (Å²) in [4.78, 5) is 15.6. The Labute approximate surface area is 189 Å². The quantitative estimate of drug-likeness (QED) is 0.739. The summed E-state index contributed by atoms with van der Waals surface area (Å²) in [7, 11) is -3.72. The Kier molecular flexibility index (Phi) is 6.80. The van der Waals surface area contributed by atoms with E-state index in [-0.39, 0.29) is 10.8 Å². The zero-order valence-corrected chi connectivity index (χ0v) is 19.3. The smallest absolute Gasteiger partial charge is 0.257 e. The van der Waals surface area contributed by atoms with Crippen LogP contribution in [0.25, 0.3) is 0 Å². The maximum absolute atomic E-state index is 13.4. The van der Waals surface area contributed by atoms with Crippen molar-refractivity contribution >= 4 is 27.3 Å². The number of nitrogens with one attached hydrogen (secondary N) is 1. The van der Waals surface area contributed by atoms with Crippen molar-refractivity contribution in [3.63, 3.8) is 0 Å². The van der Waals surface area contributed by atoms with E-state index in [4.69, 9.17) is 9.47 Å². The summed E-state index contributed by atoms with van der Waals surface area (Å²) >= 11 is 0. The number of hydrogen-bond acceptors (Lipinski definition) is 6. The molecule has 0 atom stereocenters. The number of morpholine rings is 2. The Hall–Kier alpha value is -2.46. The number of aryl methyl sites for hydroxylation is 2. The van der Waals surface area contributed by atoms with E-state index in [0.717, 1.165) is 11.1 Å². The lowest BCUT2D eigenvalue weighted by Crippen LogP contribution is -2.41. The number of carbonyl (C=O) groups excluding carboxylic acids is 1. The number of anilines is 2. The maximum atomic E-state index is 13.4. The van der Waals surface area contributed by atoms with Crippen molar-refractivity contribution < 1.29 is 22.7 Å². The van der Waals surface area contributed by atoms with Gasteiger partial charge >= 0.3 is 0 Å². The van der Waals surface area contributed by atoms with E-state index in [1.807, 2.05) is 32.0 Å². The molecule has 2 aliphatic rings. The first kappa shape index (κ1) is 22.7. The minimum Gasteiger partial charge on any atom is -0.379 e. The molecule has 0 aromatic heterocycles. The lowest BCUT2D eigenvalue weighted by Gasteiger charge is -2.31. The van der Waals surface area contributed by atoms with E-state index < -0.39 is 10.0 Å². The van der Waals surface area contributed by atoms with Crippen LogP contribution in [0.1, 0.15) is 21.5 Å². The third-order valence-corrected chi connectivity index (χ3v) is 7.71. The van der Waals surface area contributed by atoms with Crippen molar-refractivity contribution in [3.05, 3.63) is 53.1 Å². The second-order valence-corrected chi connectivity index (χ2v) is 10.0. The molecule has 0 spiro atoms. The van der Waals surface area contributed by atoms with Gasteiger partial charge in [-0.15, -0.1) is 0 Å². The van der Waals surface area contributed by atoms with E-state index >= 15 is 0 Å². The number of hydrogen-bond donors (Lipinski definition) is 1. The normalized spacial score (nSPS) is 17.9. The van der Waals surface area contributed by atoms with Crippen molar-refractivity contribution in [2.24, 2.45) is 0 Å². The van der Waals surface area contributed by atoms with Crippen LogP contribution in [0, 0.1) is 13.8 Å². The molecular formula is C23H29N3O5S. The Morgan fingerprint density at radius 1 is 0.906 bits per heavy atom. The number of amides is 1. The zero-order valence-electron chi connectivity index (χ0n) is 18.5. The lowest BCUT2D eigenvalue weighted by atomic mass is 10.1.